The SMILES string of the molecule is C=CCN(CCO)C(=O)c1csc(-c2ccco2)n1. The van der Waals surface area contributed by atoms with Crippen LogP contribution < -0.4 is 0 Å². The highest BCUT2D eigenvalue weighted by Crippen LogP contribution is 2.24. The van der Waals surface area contributed by atoms with Crippen LogP contribution in [0.4, 0.5) is 0 Å². The minimum Gasteiger partial charge on any atom is -0.462 e. The predicted octanol–water partition coefficient (Wildman–Crippen LogP) is 2.02. The van der Waals surface area contributed by atoms with Crippen molar-refractivity contribution in [3.63, 3.8) is 0 Å². The zero-order chi connectivity index (χ0) is 13.7. The Balaban J connectivity index is 2.17. The molecule has 5 nitrogen and oxygen atoms in total. The summed E-state index contributed by atoms with van der Waals surface area (Å²) in [7, 11) is 0. The summed E-state index contributed by atoms with van der Waals surface area (Å²) in [6, 6.07) is 3.57. The lowest BCUT2D eigenvalue weighted by molar-refractivity contribution is 0.0738. The zero-order valence-corrected chi connectivity index (χ0v) is 11.1. The van der Waals surface area contributed by atoms with Crippen molar-refractivity contribution >= 4 is 17.2 Å². The monoisotopic (exact) mass is 278 g/mol. The molecule has 0 bridgehead atoms. The van der Waals surface area contributed by atoms with Gasteiger partial charge in [-0.05, 0) is 12.1 Å². The fraction of sp³-hybridized carbons (Fsp3) is 0.231. The number of aliphatic hydroxyl groups is 1. The fourth-order valence-electron chi connectivity index (χ4n) is 1.60. The summed E-state index contributed by atoms with van der Waals surface area (Å²) in [6.07, 6.45) is 3.18. The van der Waals surface area contributed by atoms with Gasteiger partial charge in [-0.25, -0.2) is 4.98 Å². The third kappa shape index (κ3) is 3.10. The number of carbonyl (C=O) groups excluding carboxylic acids is 1. The van der Waals surface area contributed by atoms with Crippen LogP contribution in [0.5, 0.6) is 0 Å². The van der Waals surface area contributed by atoms with Crippen molar-refractivity contribution in [1.82, 2.24) is 9.88 Å². The Hall–Kier alpha value is -1.92. The number of aromatic nitrogens is 1. The summed E-state index contributed by atoms with van der Waals surface area (Å²) in [5, 5.41) is 11.3. The normalized spacial score (nSPS) is 10.4. The van der Waals surface area contributed by atoms with Crippen LogP contribution in [-0.2, 0) is 0 Å². The van der Waals surface area contributed by atoms with E-state index >= 15 is 0 Å². The van der Waals surface area contributed by atoms with Crippen molar-refractivity contribution in [3.05, 3.63) is 42.1 Å². The van der Waals surface area contributed by atoms with Gasteiger partial charge in [-0.15, -0.1) is 17.9 Å². The molecule has 0 aromatic carbocycles. The Morgan fingerprint density at radius 1 is 1.63 bits per heavy atom. The largest absolute Gasteiger partial charge is 0.462 e. The first-order valence-electron chi connectivity index (χ1n) is 5.76. The average molecular weight is 278 g/mol. The van der Waals surface area contributed by atoms with E-state index in [4.69, 9.17) is 9.52 Å². The van der Waals surface area contributed by atoms with Crippen molar-refractivity contribution in [1.29, 1.82) is 0 Å². The minimum atomic E-state index is -0.219. The highest BCUT2D eigenvalue weighted by atomic mass is 32.1. The molecule has 0 aliphatic rings. The van der Waals surface area contributed by atoms with Gasteiger partial charge < -0.3 is 14.4 Å². The van der Waals surface area contributed by atoms with E-state index in [1.54, 1.807) is 29.9 Å². The molecule has 0 fully saturated rings. The summed E-state index contributed by atoms with van der Waals surface area (Å²) >= 11 is 1.35. The molecule has 0 saturated carbocycles. The second-order valence-electron chi connectivity index (χ2n) is 3.78. The first kappa shape index (κ1) is 13.5. The smallest absolute Gasteiger partial charge is 0.273 e. The molecular weight excluding hydrogens is 264 g/mol. The van der Waals surface area contributed by atoms with Gasteiger partial charge in [0, 0.05) is 18.5 Å². The number of hydrogen-bond acceptors (Lipinski definition) is 5. The van der Waals surface area contributed by atoms with Crippen LogP contribution in [0.15, 0.2) is 40.8 Å². The second kappa shape index (κ2) is 6.31. The Bertz CT molecular complexity index is 548. The Labute approximate surface area is 114 Å². The van der Waals surface area contributed by atoms with E-state index in [1.165, 1.54) is 16.2 Å². The molecule has 19 heavy (non-hydrogen) atoms. The molecule has 2 aromatic heterocycles. The van der Waals surface area contributed by atoms with E-state index in [-0.39, 0.29) is 19.1 Å². The topological polar surface area (TPSA) is 66.6 Å². The van der Waals surface area contributed by atoms with Crippen LogP contribution in [0.2, 0.25) is 0 Å². The lowest BCUT2D eigenvalue weighted by Gasteiger charge is -2.18. The third-order valence-electron chi connectivity index (χ3n) is 2.46. The maximum absolute atomic E-state index is 12.2. The van der Waals surface area contributed by atoms with E-state index in [9.17, 15) is 4.79 Å². The molecule has 2 rings (SSSR count). The summed E-state index contributed by atoms with van der Waals surface area (Å²) in [6.45, 7) is 4.15. The number of amides is 1. The van der Waals surface area contributed by atoms with E-state index < -0.39 is 0 Å². The zero-order valence-electron chi connectivity index (χ0n) is 10.3. The Morgan fingerprint density at radius 2 is 2.47 bits per heavy atom. The van der Waals surface area contributed by atoms with Crippen molar-refractivity contribution in [2.45, 2.75) is 0 Å². The molecule has 6 heteroatoms. The van der Waals surface area contributed by atoms with Gasteiger partial charge in [0.15, 0.2) is 10.8 Å². The Kier molecular flexibility index (Phi) is 4.48. The molecule has 0 spiro atoms. The van der Waals surface area contributed by atoms with Crippen LogP contribution in [0, 0.1) is 0 Å². The molecule has 2 aromatic rings. The summed E-state index contributed by atoms with van der Waals surface area (Å²) in [4.78, 5) is 17.9. The third-order valence-corrected chi connectivity index (χ3v) is 3.32. The number of thiazole rings is 1. The van der Waals surface area contributed by atoms with Crippen LogP contribution >= 0.6 is 11.3 Å². The fourth-order valence-corrected chi connectivity index (χ4v) is 2.36. The van der Waals surface area contributed by atoms with Gasteiger partial charge in [-0.1, -0.05) is 6.08 Å². The van der Waals surface area contributed by atoms with Crippen LogP contribution in [0.3, 0.4) is 0 Å². The lowest BCUT2D eigenvalue weighted by atomic mass is 10.3. The van der Waals surface area contributed by atoms with Crippen molar-refractivity contribution in [2.24, 2.45) is 0 Å². The highest BCUT2D eigenvalue weighted by molar-refractivity contribution is 7.13. The summed E-state index contributed by atoms with van der Waals surface area (Å²) < 4.78 is 5.23. The Morgan fingerprint density at radius 3 is 3.11 bits per heavy atom. The molecule has 0 radical (unpaired) electrons. The summed E-state index contributed by atoms with van der Waals surface area (Å²) in [5.41, 5.74) is 0.353. The number of nitrogens with zero attached hydrogens (tertiary/aromatic N) is 2. The second-order valence-corrected chi connectivity index (χ2v) is 4.64. The van der Waals surface area contributed by atoms with Gasteiger partial charge in [0.2, 0.25) is 0 Å². The predicted molar refractivity (Wildman–Crippen MR) is 73.0 cm³/mol. The van der Waals surface area contributed by atoms with Gasteiger partial charge in [-0.2, -0.15) is 0 Å². The maximum atomic E-state index is 12.2. The number of rotatable bonds is 6. The van der Waals surface area contributed by atoms with Gasteiger partial charge in [0.1, 0.15) is 5.69 Å². The number of aliphatic hydroxyl groups excluding tert-OH is 1. The molecular formula is C13H14N2O3S. The molecule has 0 saturated heterocycles. The van der Waals surface area contributed by atoms with E-state index in [0.29, 0.717) is 23.0 Å². The quantitative estimate of drug-likeness (QED) is 0.821. The lowest BCUT2D eigenvalue weighted by Crippen LogP contribution is -2.33. The van der Waals surface area contributed by atoms with Crippen LogP contribution in [-0.4, -0.2) is 40.6 Å². The first-order valence-corrected chi connectivity index (χ1v) is 6.64. The van der Waals surface area contributed by atoms with Crippen LogP contribution in [0.25, 0.3) is 10.8 Å². The van der Waals surface area contributed by atoms with E-state index in [2.05, 4.69) is 11.6 Å². The van der Waals surface area contributed by atoms with Gasteiger partial charge in [0.25, 0.3) is 5.91 Å². The van der Waals surface area contributed by atoms with Gasteiger partial charge in [0.05, 0.1) is 12.9 Å². The highest BCUT2D eigenvalue weighted by Gasteiger charge is 2.18. The summed E-state index contributed by atoms with van der Waals surface area (Å²) in [5.74, 6) is 0.421. The molecule has 0 aliphatic heterocycles. The van der Waals surface area contributed by atoms with Crippen molar-refractivity contribution in [2.75, 3.05) is 19.7 Å². The van der Waals surface area contributed by atoms with E-state index in [0.717, 1.165) is 0 Å². The van der Waals surface area contributed by atoms with Gasteiger partial charge >= 0.3 is 0 Å². The molecule has 1 N–H and O–H groups in total. The van der Waals surface area contributed by atoms with Crippen LogP contribution in [0.1, 0.15) is 10.5 Å². The molecule has 0 unspecified atom stereocenters. The maximum Gasteiger partial charge on any atom is 0.273 e. The molecule has 100 valence electrons. The number of furan rings is 1. The van der Waals surface area contributed by atoms with E-state index in [1.807, 2.05) is 0 Å². The molecule has 1 amide bonds. The standard InChI is InChI=1S/C13H14N2O3S/c1-2-5-15(6-7-16)13(17)10-9-19-12(14-10)11-4-3-8-18-11/h2-4,8-9,16H,1,5-7H2. The van der Waals surface area contributed by atoms with Crippen molar-refractivity contribution < 1.29 is 14.3 Å². The molecule has 0 atom stereocenters. The minimum absolute atomic E-state index is 0.0885. The molecule has 0 aliphatic carbocycles. The van der Waals surface area contributed by atoms with Gasteiger partial charge in [-0.3, -0.25) is 4.79 Å². The number of carbonyl (C=O) groups is 1. The first-order chi connectivity index (χ1) is 9.26. The average Bonchev–Trinajstić information content (AvgIpc) is 3.08. The number of hydrogen-bond donors (Lipinski definition) is 1. The van der Waals surface area contributed by atoms with Crippen molar-refractivity contribution in [3.8, 4) is 10.8 Å². The molecule has 2 heterocycles.